The van der Waals surface area contributed by atoms with Crippen molar-refractivity contribution in [1.82, 2.24) is 15.2 Å². The zero-order valence-corrected chi connectivity index (χ0v) is 16.5. The predicted molar refractivity (Wildman–Crippen MR) is 105 cm³/mol. The molecule has 0 spiro atoms. The lowest BCUT2D eigenvalue weighted by Crippen LogP contribution is -2.38. The number of hydrogen-bond acceptors (Lipinski definition) is 3. The molecule has 0 unspecified atom stereocenters. The van der Waals surface area contributed by atoms with Crippen molar-refractivity contribution in [2.24, 2.45) is 12.0 Å². The Morgan fingerprint density at radius 3 is 2.46 bits per heavy atom. The number of rotatable bonds is 6. The van der Waals surface area contributed by atoms with Gasteiger partial charge in [-0.2, -0.15) is 0 Å². The second kappa shape index (κ2) is 9.50. The first-order valence-corrected chi connectivity index (χ1v) is 8.83. The Balaban J connectivity index is 1.81. The molecule has 1 aromatic carbocycles. The average Bonchev–Trinajstić information content (AvgIpc) is 2.91. The van der Waals surface area contributed by atoms with Crippen molar-refractivity contribution in [2.45, 2.75) is 13.0 Å². The van der Waals surface area contributed by atoms with E-state index in [1.54, 1.807) is 19.2 Å². The minimum Gasteiger partial charge on any atom is -0.465 e. The van der Waals surface area contributed by atoms with Crippen molar-refractivity contribution in [3.05, 3.63) is 57.3 Å². The molecule has 0 radical (unpaired) electrons. The van der Waals surface area contributed by atoms with Gasteiger partial charge in [-0.15, -0.1) is 0 Å². The zero-order chi connectivity index (χ0) is 19.1. The Bertz CT molecular complexity index is 785. The summed E-state index contributed by atoms with van der Waals surface area (Å²) in [5, 5.41) is 7.52. The van der Waals surface area contributed by atoms with Gasteiger partial charge in [-0.25, -0.2) is 4.79 Å². The monoisotopic (exact) mass is 396 g/mol. The van der Waals surface area contributed by atoms with E-state index in [2.05, 4.69) is 15.6 Å². The van der Waals surface area contributed by atoms with Crippen LogP contribution in [0.4, 0.5) is 0 Å². The van der Waals surface area contributed by atoms with E-state index in [1.165, 1.54) is 7.11 Å². The second-order valence-electron chi connectivity index (χ2n) is 5.62. The van der Waals surface area contributed by atoms with Crippen molar-refractivity contribution < 1.29 is 9.53 Å². The number of benzene rings is 1. The third-order valence-electron chi connectivity index (χ3n) is 3.96. The van der Waals surface area contributed by atoms with Crippen molar-refractivity contribution in [2.75, 3.05) is 20.7 Å². The van der Waals surface area contributed by atoms with Crippen molar-refractivity contribution in [3.8, 4) is 0 Å². The number of nitrogens with zero attached hydrogens (tertiary/aromatic N) is 2. The third kappa shape index (κ3) is 5.16. The summed E-state index contributed by atoms with van der Waals surface area (Å²) in [6.45, 7) is 1.25. The number of halogens is 2. The van der Waals surface area contributed by atoms with Crippen LogP contribution in [0, 0.1) is 0 Å². The average molecular weight is 397 g/mol. The van der Waals surface area contributed by atoms with E-state index < -0.39 is 0 Å². The fourth-order valence-electron chi connectivity index (χ4n) is 2.40. The number of carbonyl (C=O) groups is 1. The Labute approximate surface area is 163 Å². The molecule has 1 heterocycles. The third-order valence-corrected chi connectivity index (χ3v) is 4.80. The van der Waals surface area contributed by atoms with Crippen molar-refractivity contribution >= 4 is 35.1 Å². The predicted octanol–water partition coefficient (Wildman–Crippen LogP) is 3.03. The fraction of sp³-hybridized carbons (Fsp3) is 0.333. The van der Waals surface area contributed by atoms with Gasteiger partial charge in [0.2, 0.25) is 0 Å². The molecule has 0 atom stereocenters. The summed E-state index contributed by atoms with van der Waals surface area (Å²) in [5.74, 6) is 0.352. The molecule has 0 aliphatic rings. The van der Waals surface area contributed by atoms with Crippen LogP contribution in [0.1, 0.15) is 21.6 Å². The van der Waals surface area contributed by atoms with Gasteiger partial charge >= 0.3 is 5.97 Å². The quantitative estimate of drug-likeness (QED) is 0.447. The number of esters is 1. The number of aliphatic imine (C=N–C) groups is 1. The highest BCUT2D eigenvalue weighted by atomic mass is 35.5. The molecule has 140 valence electrons. The number of methoxy groups -OCH3 is 1. The van der Waals surface area contributed by atoms with E-state index >= 15 is 0 Å². The second-order valence-corrected chi connectivity index (χ2v) is 6.39. The van der Waals surface area contributed by atoms with Crippen molar-refractivity contribution in [1.29, 1.82) is 0 Å². The molecule has 0 aliphatic heterocycles. The summed E-state index contributed by atoms with van der Waals surface area (Å²) in [5.41, 5.74) is 2.62. The lowest BCUT2D eigenvalue weighted by atomic mass is 10.1. The summed E-state index contributed by atoms with van der Waals surface area (Å²) in [6, 6.07) is 9.18. The van der Waals surface area contributed by atoms with E-state index in [-0.39, 0.29) is 5.97 Å². The highest BCUT2D eigenvalue weighted by molar-refractivity contribution is 6.41. The van der Waals surface area contributed by atoms with Crippen LogP contribution in [-0.2, 0) is 24.8 Å². The molecule has 8 heteroatoms. The van der Waals surface area contributed by atoms with Gasteiger partial charge in [-0.3, -0.25) is 4.99 Å². The van der Waals surface area contributed by atoms with Crippen LogP contribution < -0.4 is 10.6 Å². The van der Waals surface area contributed by atoms with E-state index in [0.29, 0.717) is 34.8 Å². The molecule has 0 saturated carbocycles. The summed E-state index contributed by atoms with van der Waals surface area (Å²) < 4.78 is 6.52. The number of ether oxygens (including phenoxy) is 1. The SMILES string of the molecule is CN=C(NCCc1ccc(C(=O)OC)cc1)NCc1cc(Cl)c(Cl)n1C. The van der Waals surface area contributed by atoms with Crippen molar-refractivity contribution in [3.63, 3.8) is 0 Å². The molecule has 1 aromatic heterocycles. The van der Waals surface area contributed by atoms with Gasteiger partial charge < -0.3 is 19.9 Å². The number of guanidine groups is 1. The maximum atomic E-state index is 11.4. The topological polar surface area (TPSA) is 67.7 Å². The summed E-state index contributed by atoms with van der Waals surface area (Å²) in [6.07, 6.45) is 0.796. The lowest BCUT2D eigenvalue weighted by molar-refractivity contribution is 0.0600. The zero-order valence-electron chi connectivity index (χ0n) is 15.0. The van der Waals surface area contributed by atoms with Gasteiger partial charge in [0.05, 0.1) is 24.2 Å². The van der Waals surface area contributed by atoms with Gasteiger partial charge in [0.15, 0.2) is 5.96 Å². The van der Waals surface area contributed by atoms with E-state index in [4.69, 9.17) is 27.9 Å². The molecule has 0 amide bonds. The molecule has 2 rings (SSSR count). The molecule has 26 heavy (non-hydrogen) atoms. The molecular weight excluding hydrogens is 375 g/mol. The number of aromatic nitrogens is 1. The maximum Gasteiger partial charge on any atom is 0.337 e. The molecule has 2 aromatic rings. The molecule has 0 fully saturated rings. The van der Waals surface area contributed by atoms with Crippen LogP contribution in [-0.4, -0.2) is 37.2 Å². The number of hydrogen-bond donors (Lipinski definition) is 2. The van der Waals surface area contributed by atoms with Gasteiger partial charge in [-0.05, 0) is 30.2 Å². The fourth-order valence-corrected chi connectivity index (χ4v) is 2.82. The van der Waals surface area contributed by atoms with Crippen LogP contribution >= 0.6 is 23.2 Å². The minimum absolute atomic E-state index is 0.333. The highest BCUT2D eigenvalue weighted by Crippen LogP contribution is 2.24. The Kier molecular flexibility index (Phi) is 7.36. The Morgan fingerprint density at radius 1 is 1.23 bits per heavy atom. The summed E-state index contributed by atoms with van der Waals surface area (Å²) in [4.78, 5) is 15.6. The standard InChI is InChI=1S/C18H22Cl2N4O2/c1-21-18(23-11-14-10-15(19)16(20)24(14)2)22-9-8-12-4-6-13(7-5-12)17(25)26-3/h4-7,10H,8-9,11H2,1-3H3,(H2,21,22,23). The van der Waals surface area contributed by atoms with Gasteiger partial charge in [0, 0.05) is 26.3 Å². The highest BCUT2D eigenvalue weighted by Gasteiger charge is 2.09. The van der Waals surface area contributed by atoms with Gasteiger partial charge in [0.25, 0.3) is 0 Å². The largest absolute Gasteiger partial charge is 0.465 e. The first-order valence-electron chi connectivity index (χ1n) is 8.07. The molecule has 2 N–H and O–H groups in total. The first kappa shape index (κ1) is 20.1. The van der Waals surface area contributed by atoms with Crippen LogP contribution in [0.5, 0.6) is 0 Å². The molecular formula is C18H22Cl2N4O2. The number of carbonyl (C=O) groups excluding carboxylic acids is 1. The number of nitrogens with one attached hydrogen (secondary N) is 2. The van der Waals surface area contributed by atoms with Crippen LogP contribution in [0.15, 0.2) is 35.3 Å². The Morgan fingerprint density at radius 2 is 1.92 bits per heavy atom. The van der Waals surface area contributed by atoms with E-state index in [9.17, 15) is 4.79 Å². The van der Waals surface area contributed by atoms with Gasteiger partial charge in [0.1, 0.15) is 5.15 Å². The smallest absolute Gasteiger partial charge is 0.337 e. The van der Waals surface area contributed by atoms with E-state index in [0.717, 1.165) is 17.7 Å². The first-order chi connectivity index (χ1) is 12.5. The summed E-state index contributed by atoms with van der Waals surface area (Å²) in [7, 11) is 4.95. The molecule has 0 saturated heterocycles. The van der Waals surface area contributed by atoms with Crippen LogP contribution in [0.3, 0.4) is 0 Å². The van der Waals surface area contributed by atoms with Gasteiger partial charge in [-0.1, -0.05) is 35.3 Å². The normalized spacial score (nSPS) is 11.3. The molecule has 0 aliphatic carbocycles. The molecule has 0 bridgehead atoms. The lowest BCUT2D eigenvalue weighted by Gasteiger charge is -2.12. The van der Waals surface area contributed by atoms with Crippen LogP contribution in [0.25, 0.3) is 0 Å². The summed E-state index contributed by atoms with van der Waals surface area (Å²) >= 11 is 12.1. The van der Waals surface area contributed by atoms with Crippen LogP contribution in [0.2, 0.25) is 10.2 Å². The molecule has 6 nitrogen and oxygen atoms in total. The maximum absolute atomic E-state index is 11.4. The Hall–Kier alpha value is -2.18. The minimum atomic E-state index is -0.333. The van der Waals surface area contributed by atoms with E-state index in [1.807, 2.05) is 29.8 Å².